The van der Waals surface area contributed by atoms with E-state index in [1.165, 1.54) is 0 Å². The molecule has 2 fully saturated rings. The second-order valence-corrected chi connectivity index (χ2v) is 9.69. The van der Waals surface area contributed by atoms with E-state index in [4.69, 9.17) is 10.5 Å². The summed E-state index contributed by atoms with van der Waals surface area (Å²) in [6, 6.07) is 2.46. The summed E-state index contributed by atoms with van der Waals surface area (Å²) in [5.41, 5.74) is 5.69. The first-order valence-corrected chi connectivity index (χ1v) is 11.4. The Morgan fingerprint density at radius 2 is 1.94 bits per heavy atom. The lowest BCUT2D eigenvalue weighted by Crippen LogP contribution is -2.40. The second-order valence-electron chi connectivity index (χ2n) is 9.69. The summed E-state index contributed by atoms with van der Waals surface area (Å²) < 4.78 is 72.3. The first-order valence-electron chi connectivity index (χ1n) is 11.4. The van der Waals surface area contributed by atoms with Crippen LogP contribution in [0.4, 0.5) is 27.6 Å². The fourth-order valence-electron chi connectivity index (χ4n) is 4.37. The van der Waals surface area contributed by atoms with Crippen molar-refractivity contribution in [2.24, 2.45) is 11.7 Å². The maximum atomic E-state index is 14.2. The van der Waals surface area contributed by atoms with Gasteiger partial charge in [-0.25, -0.2) is 13.8 Å². The Morgan fingerprint density at radius 1 is 1.29 bits per heavy atom. The summed E-state index contributed by atoms with van der Waals surface area (Å²) in [5, 5.41) is 2.91. The molecule has 4 rings (SSSR count). The van der Waals surface area contributed by atoms with E-state index in [9.17, 15) is 26.7 Å². The lowest BCUT2D eigenvalue weighted by Gasteiger charge is -2.28. The van der Waals surface area contributed by atoms with Crippen molar-refractivity contribution < 1.29 is 31.5 Å². The number of ether oxygens (including phenoxy) is 1. The Hall–Kier alpha value is -2.95. The number of hydrogen-bond donors (Lipinski definition) is 2. The van der Waals surface area contributed by atoms with Gasteiger partial charge in [-0.15, -0.1) is 0 Å². The minimum atomic E-state index is -4.68. The largest absolute Gasteiger partial charge is 0.468 e. The number of hydrogen-bond acceptors (Lipinski definition) is 5. The number of benzene rings is 1. The van der Waals surface area contributed by atoms with Gasteiger partial charge in [0, 0.05) is 36.9 Å². The average Bonchev–Trinajstić information content (AvgIpc) is 3.53. The molecule has 0 radical (unpaired) electrons. The third-order valence-corrected chi connectivity index (χ3v) is 6.29. The number of nitrogens with two attached hydrogens (primary N) is 1. The summed E-state index contributed by atoms with van der Waals surface area (Å²) >= 11 is 0. The monoisotopic (exact) mass is 498 g/mol. The molecular formula is C24H27F5N4O2. The highest BCUT2D eigenvalue weighted by atomic mass is 19.4. The van der Waals surface area contributed by atoms with E-state index in [1.54, 1.807) is 4.90 Å². The number of nitrogens with zero attached hydrogens (tertiary/aromatic N) is 2. The van der Waals surface area contributed by atoms with Crippen molar-refractivity contribution in [2.75, 3.05) is 24.6 Å². The number of alkyl halides is 3. The van der Waals surface area contributed by atoms with Crippen molar-refractivity contribution in [3.63, 3.8) is 0 Å². The van der Waals surface area contributed by atoms with E-state index in [0.29, 0.717) is 24.9 Å². The van der Waals surface area contributed by atoms with Gasteiger partial charge in [0.15, 0.2) is 6.61 Å². The third-order valence-electron chi connectivity index (χ3n) is 6.29. The van der Waals surface area contributed by atoms with Gasteiger partial charge in [-0.05, 0) is 56.7 Å². The molecule has 1 unspecified atom stereocenters. The molecule has 1 aromatic heterocycles. The molecule has 1 aromatic carbocycles. The quantitative estimate of drug-likeness (QED) is 0.553. The van der Waals surface area contributed by atoms with Crippen molar-refractivity contribution in [2.45, 2.75) is 50.9 Å². The van der Waals surface area contributed by atoms with E-state index in [0.717, 1.165) is 31.2 Å². The van der Waals surface area contributed by atoms with E-state index in [2.05, 4.69) is 10.3 Å². The predicted octanol–water partition coefficient (Wildman–Crippen LogP) is 4.42. The predicted molar refractivity (Wildman–Crippen MR) is 120 cm³/mol. The first-order chi connectivity index (χ1) is 16.3. The van der Waals surface area contributed by atoms with Crippen LogP contribution in [-0.4, -0.2) is 48.3 Å². The van der Waals surface area contributed by atoms with Gasteiger partial charge in [-0.1, -0.05) is 0 Å². The van der Waals surface area contributed by atoms with Crippen LogP contribution in [0.15, 0.2) is 24.4 Å². The molecule has 1 aliphatic heterocycles. The summed E-state index contributed by atoms with van der Waals surface area (Å²) in [6.07, 6.45) is -1.03. The van der Waals surface area contributed by atoms with Gasteiger partial charge >= 0.3 is 6.18 Å². The standard InChI is InChI=1S/C24H27F5N4O2/c1-13(14-3-4-14)32-21(34)18-10-31-22(35-12-24(27,28)29)19(15-7-16(25)9-17(26)8-15)20(18)33-6-5-23(2,30)11-33/h7-10,13-14H,3-6,11-12,30H2,1-2H3,(H,32,34)/t13-,23?/m0/s1. The lowest BCUT2D eigenvalue weighted by molar-refractivity contribution is -0.154. The minimum absolute atomic E-state index is 0.0641. The topological polar surface area (TPSA) is 80.5 Å². The molecule has 6 nitrogen and oxygen atoms in total. The maximum Gasteiger partial charge on any atom is 0.422 e. The number of anilines is 1. The molecule has 1 saturated heterocycles. The minimum Gasteiger partial charge on any atom is -0.468 e. The molecule has 1 saturated carbocycles. The third kappa shape index (κ3) is 6.01. The van der Waals surface area contributed by atoms with Crippen LogP contribution in [0, 0.1) is 17.6 Å². The molecule has 1 amide bonds. The van der Waals surface area contributed by atoms with Gasteiger partial charge in [0.25, 0.3) is 5.91 Å². The van der Waals surface area contributed by atoms with Gasteiger partial charge in [0.05, 0.1) is 16.8 Å². The van der Waals surface area contributed by atoms with Crippen molar-refractivity contribution in [3.8, 4) is 17.0 Å². The maximum absolute atomic E-state index is 14.2. The first kappa shape index (κ1) is 25.2. The number of pyridine rings is 1. The number of aromatic nitrogens is 1. The van der Waals surface area contributed by atoms with Crippen molar-refractivity contribution >= 4 is 11.6 Å². The summed E-state index contributed by atoms with van der Waals surface area (Å²) in [7, 11) is 0. The van der Waals surface area contributed by atoms with Gasteiger partial charge in [0.1, 0.15) is 11.6 Å². The smallest absolute Gasteiger partial charge is 0.422 e. The lowest BCUT2D eigenvalue weighted by atomic mass is 9.99. The van der Waals surface area contributed by atoms with Gasteiger partial charge in [-0.3, -0.25) is 4.79 Å². The highest BCUT2D eigenvalue weighted by Gasteiger charge is 2.37. The van der Waals surface area contributed by atoms with Gasteiger partial charge < -0.3 is 20.7 Å². The number of amides is 1. The molecule has 2 atom stereocenters. The zero-order chi connectivity index (χ0) is 25.5. The zero-order valence-corrected chi connectivity index (χ0v) is 19.4. The number of nitrogens with one attached hydrogen (secondary N) is 1. The van der Waals surface area contributed by atoms with Gasteiger partial charge in [0.2, 0.25) is 5.88 Å². The van der Waals surface area contributed by atoms with E-state index in [-0.39, 0.29) is 35.0 Å². The van der Waals surface area contributed by atoms with Crippen LogP contribution in [0.25, 0.3) is 11.1 Å². The number of carbonyl (C=O) groups is 1. The molecule has 1 aliphatic carbocycles. The highest BCUT2D eigenvalue weighted by Crippen LogP contribution is 2.43. The fraction of sp³-hybridized carbons (Fsp3) is 0.500. The molecule has 35 heavy (non-hydrogen) atoms. The number of rotatable bonds is 7. The van der Waals surface area contributed by atoms with Crippen LogP contribution < -0.4 is 20.7 Å². The number of carbonyl (C=O) groups excluding carboxylic acids is 1. The summed E-state index contributed by atoms with van der Waals surface area (Å²) in [5.74, 6) is -2.50. The zero-order valence-electron chi connectivity index (χ0n) is 19.4. The second kappa shape index (κ2) is 9.25. The van der Waals surface area contributed by atoms with Crippen LogP contribution in [0.3, 0.4) is 0 Å². The Labute approximate surface area is 199 Å². The summed E-state index contributed by atoms with van der Waals surface area (Å²) in [4.78, 5) is 19.0. The summed E-state index contributed by atoms with van der Waals surface area (Å²) in [6.45, 7) is 2.66. The van der Waals surface area contributed by atoms with Crippen LogP contribution >= 0.6 is 0 Å². The molecule has 2 aliphatic rings. The SMILES string of the molecule is C[C@H](NC(=O)c1cnc(OCC(F)(F)F)c(-c2cc(F)cc(F)c2)c1N1CCC(C)(N)C1)C1CC1. The molecule has 0 spiro atoms. The molecule has 0 bridgehead atoms. The average molecular weight is 498 g/mol. The highest BCUT2D eigenvalue weighted by molar-refractivity contribution is 6.04. The van der Waals surface area contributed by atoms with Crippen molar-refractivity contribution in [3.05, 3.63) is 41.6 Å². The Morgan fingerprint density at radius 3 is 2.49 bits per heavy atom. The molecule has 2 heterocycles. The van der Waals surface area contributed by atoms with E-state index < -0.39 is 41.7 Å². The van der Waals surface area contributed by atoms with Crippen LogP contribution in [0.1, 0.15) is 43.5 Å². The Balaban J connectivity index is 1.89. The molecule has 3 N–H and O–H groups in total. The molecule has 190 valence electrons. The van der Waals surface area contributed by atoms with Crippen LogP contribution in [-0.2, 0) is 0 Å². The van der Waals surface area contributed by atoms with Gasteiger partial charge in [-0.2, -0.15) is 13.2 Å². The van der Waals surface area contributed by atoms with E-state index >= 15 is 0 Å². The molecule has 11 heteroatoms. The van der Waals surface area contributed by atoms with Crippen LogP contribution in [0.2, 0.25) is 0 Å². The Kier molecular flexibility index (Phi) is 6.65. The molecular weight excluding hydrogens is 471 g/mol. The van der Waals surface area contributed by atoms with E-state index in [1.807, 2.05) is 13.8 Å². The van der Waals surface area contributed by atoms with Crippen LogP contribution in [0.5, 0.6) is 5.88 Å². The normalized spacial score (nSPS) is 21.2. The fourth-order valence-corrected chi connectivity index (χ4v) is 4.37. The molecule has 2 aromatic rings. The van der Waals surface area contributed by atoms with Crippen molar-refractivity contribution in [1.82, 2.24) is 10.3 Å². The Bertz CT molecular complexity index is 1100. The number of halogens is 5. The van der Waals surface area contributed by atoms with Crippen molar-refractivity contribution in [1.29, 1.82) is 0 Å².